The van der Waals surface area contributed by atoms with Crippen molar-refractivity contribution in [2.75, 3.05) is 31.6 Å². The van der Waals surface area contributed by atoms with Crippen LogP contribution in [0.15, 0.2) is 18.2 Å². The van der Waals surface area contributed by atoms with E-state index in [1.54, 1.807) is 0 Å². The highest BCUT2D eigenvalue weighted by atomic mass is 35.5. The van der Waals surface area contributed by atoms with Crippen LogP contribution in [0, 0.1) is 11.7 Å². The largest absolute Gasteiger partial charge is 0.396 e. The van der Waals surface area contributed by atoms with Gasteiger partial charge in [-0.2, -0.15) is 5.10 Å². The second kappa shape index (κ2) is 8.99. The summed E-state index contributed by atoms with van der Waals surface area (Å²) in [5.41, 5.74) is 1.61. The van der Waals surface area contributed by atoms with E-state index in [9.17, 15) is 27.9 Å². The molecule has 2 aliphatic rings. The van der Waals surface area contributed by atoms with Crippen molar-refractivity contribution in [3.8, 4) is 0 Å². The van der Waals surface area contributed by atoms with E-state index in [-0.39, 0.29) is 37.0 Å². The number of nitrogens with one attached hydrogen (secondary N) is 1. The van der Waals surface area contributed by atoms with Gasteiger partial charge in [0.1, 0.15) is 11.5 Å². The topological polar surface area (TPSA) is 90.7 Å². The normalized spacial score (nSPS) is 18.4. The van der Waals surface area contributed by atoms with Crippen LogP contribution in [0.3, 0.4) is 0 Å². The van der Waals surface area contributed by atoms with Crippen molar-refractivity contribution >= 4 is 29.2 Å². The maximum atomic E-state index is 13.4. The SMILES string of the molecule is O=C(Nc1ccc(F)c(Cl)c1)N1CCc2nn3c(c2C1)C(=O)N(CC(F)F)CC(CO)C3. The van der Waals surface area contributed by atoms with Crippen LogP contribution in [0.25, 0.3) is 0 Å². The number of anilines is 1. The van der Waals surface area contributed by atoms with E-state index in [0.717, 1.165) is 11.0 Å². The van der Waals surface area contributed by atoms with Crippen LogP contribution in [-0.2, 0) is 19.5 Å². The third-order valence-corrected chi connectivity index (χ3v) is 5.87. The van der Waals surface area contributed by atoms with Gasteiger partial charge in [0.15, 0.2) is 0 Å². The van der Waals surface area contributed by atoms with E-state index >= 15 is 0 Å². The van der Waals surface area contributed by atoms with Crippen molar-refractivity contribution in [2.45, 2.75) is 25.9 Å². The van der Waals surface area contributed by atoms with E-state index in [4.69, 9.17) is 11.6 Å². The van der Waals surface area contributed by atoms with Crippen molar-refractivity contribution < 1.29 is 27.9 Å². The number of alkyl halides is 2. The number of aliphatic hydroxyl groups excluding tert-OH is 1. The van der Waals surface area contributed by atoms with E-state index in [0.29, 0.717) is 29.9 Å². The Morgan fingerprint density at radius 1 is 1.34 bits per heavy atom. The molecule has 1 atom stereocenters. The number of rotatable bonds is 4. The molecule has 1 aromatic heterocycles. The zero-order valence-corrected chi connectivity index (χ0v) is 17.7. The molecule has 2 aliphatic heterocycles. The van der Waals surface area contributed by atoms with Crippen molar-refractivity contribution in [1.29, 1.82) is 0 Å². The van der Waals surface area contributed by atoms with E-state index in [2.05, 4.69) is 10.4 Å². The highest BCUT2D eigenvalue weighted by Crippen LogP contribution is 2.28. The van der Waals surface area contributed by atoms with E-state index in [1.807, 2.05) is 0 Å². The van der Waals surface area contributed by atoms with Crippen LogP contribution >= 0.6 is 11.6 Å². The van der Waals surface area contributed by atoms with Crippen molar-refractivity contribution in [2.24, 2.45) is 5.92 Å². The summed E-state index contributed by atoms with van der Waals surface area (Å²) in [5.74, 6) is -1.63. The van der Waals surface area contributed by atoms with Gasteiger partial charge in [-0.25, -0.2) is 18.0 Å². The number of carbonyl (C=O) groups is 2. The molecule has 0 fully saturated rings. The molecule has 2 N–H and O–H groups in total. The first-order valence-electron chi connectivity index (χ1n) is 10.0. The Balaban J connectivity index is 1.58. The highest BCUT2D eigenvalue weighted by Gasteiger charge is 2.36. The van der Waals surface area contributed by atoms with Gasteiger partial charge in [0, 0.05) is 49.8 Å². The molecule has 0 radical (unpaired) electrons. The molecule has 1 aromatic carbocycles. The standard InChI is InChI=1S/C20H21ClF3N5O3/c21-14-5-12(1-2-15(14)22)25-20(32)27-4-3-16-13(8-27)18-19(31)28(9-17(23)24)6-11(10-30)7-29(18)26-16/h1-2,5,11,17,30H,3-4,6-10H2,(H,25,32). The quantitative estimate of drug-likeness (QED) is 0.717. The molecule has 0 saturated carbocycles. The number of amides is 3. The Hall–Kier alpha value is -2.79. The molecule has 2 aromatic rings. The summed E-state index contributed by atoms with van der Waals surface area (Å²) in [6.07, 6.45) is -2.34. The zero-order chi connectivity index (χ0) is 23.0. The molecule has 8 nitrogen and oxygen atoms in total. The summed E-state index contributed by atoms with van der Waals surface area (Å²) in [5, 5.41) is 16.6. The minimum atomic E-state index is -2.71. The van der Waals surface area contributed by atoms with Gasteiger partial charge >= 0.3 is 6.03 Å². The molecular formula is C20H21ClF3N5O3. The van der Waals surface area contributed by atoms with Crippen LogP contribution in [0.1, 0.15) is 21.7 Å². The van der Waals surface area contributed by atoms with Gasteiger partial charge in [0.25, 0.3) is 12.3 Å². The number of nitrogens with zero attached hydrogens (tertiary/aromatic N) is 4. The summed E-state index contributed by atoms with van der Waals surface area (Å²) >= 11 is 5.76. The van der Waals surface area contributed by atoms with Gasteiger partial charge in [-0.15, -0.1) is 0 Å². The Kier molecular flexibility index (Phi) is 6.29. The van der Waals surface area contributed by atoms with Crippen LogP contribution < -0.4 is 5.32 Å². The smallest absolute Gasteiger partial charge is 0.322 e. The van der Waals surface area contributed by atoms with Crippen LogP contribution in [0.2, 0.25) is 5.02 Å². The third kappa shape index (κ3) is 4.40. The molecule has 32 heavy (non-hydrogen) atoms. The Morgan fingerprint density at radius 2 is 2.12 bits per heavy atom. The van der Waals surface area contributed by atoms with E-state index in [1.165, 1.54) is 21.7 Å². The lowest BCUT2D eigenvalue weighted by Gasteiger charge is -2.28. The second-order valence-electron chi connectivity index (χ2n) is 7.84. The maximum absolute atomic E-state index is 13.4. The number of halogens is 4. The van der Waals surface area contributed by atoms with Crippen LogP contribution in [0.4, 0.5) is 23.7 Å². The minimum absolute atomic E-state index is 0.00661. The molecule has 0 saturated heterocycles. The van der Waals surface area contributed by atoms with E-state index < -0.39 is 36.6 Å². The lowest BCUT2D eigenvalue weighted by atomic mass is 10.0. The molecule has 0 bridgehead atoms. The van der Waals surface area contributed by atoms with Gasteiger partial charge in [0.05, 0.1) is 23.8 Å². The molecule has 0 spiro atoms. The zero-order valence-electron chi connectivity index (χ0n) is 16.9. The summed E-state index contributed by atoms with van der Waals surface area (Å²) in [6, 6.07) is 3.33. The number of carbonyl (C=O) groups excluding carboxylic acids is 2. The molecule has 3 heterocycles. The third-order valence-electron chi connectivity index (χ3n) is 5.58. The summed E-state index contributed by atoms with van der Waals surface area (Å²) < 4.78 is 40.9. The Bertz CT molecular complexity index is 1050. The maximum Gasteiger partial charge on any atom is 0.322 e. The molecule has 172 valence electrons. The number of benzene rings is 1. The fraction of sp³-hybridized carbons (Fsp3) is 0.450. The molecule has 0 aliphatic carbocycles. The fourth-order valence-electron chi connectivity index (χ4n) is 4.03. The second-order valence-corrected chi connectivity index (χ2v) is 8.24. The summed E-state index contributed by atoms with van der Waals surface area (Å²) in [6.45, 7) is -0.430. The van der Waals surface area contributed by atoms with Crippen molar-refractivity contribution in [1.82, 2.24) is 19.6 Å². The van der Waals surface area contributed by atoms with Gasteiger partial charge in [-0.1, -0.05) is 11.6 Å². The lowest BCUT2D eigenvalue weighted by Crippen LogP contribution is -2.41. The van der Waals surface area contributed by atoms with Gasteiger partial charge in [0.2, 0.25) is 0 Å². The van der Waals surface area contributed by atoms with Gasteiger partial charge in [-0.05, 0) is 18.2 Å². The average molecular weight is 472 g/mol. The number of hydrogen-bond acceptors (Lipinski definition) is 4. The number of urea groups is 1. The predicted octanol–water partition coefficient (Wildman–Crippen LogP) is 2.60. The predicted molar refractivity (Wildman–Crippen MR) is 109 cm³/mol. The van der Waals surface area contributed by atoms with Crippen LogP contribution in [0.5, 0.6) is 0 Å². The van der Waals surface area contributed by atoms with Gasteiger partial charge in [-0.3, -0.25) is 9.48 Å². The first-order valence-corrected chi connectivity index (χ1v) is 10.4. The first-order chi connectivity index (χ1) is 15.3. The molecule has 4 rings (SSSR count). The van der Waals surface area contributed by atoms with Gasteiger partial charge < -0.3 is 20.2 Å². The average Bonchev–Trinajstić information content (AvgIpc) is 3.05. The summed E-state index contributed by atoms with van der Waals surface area (Å²) in [4.78, 5) is 28.3. The van der Waals surface area contributed by atoms with Crippen LogP contribution in [-0.4, -0.2) is 69.3 Å². The number of aliphatic hydroxyl groups is 1. The Morgan fingerprint density at radius 3 is 2.81 bits per heavy atom. The number of fused-ring (bicyclic) bond motifs is 3. The Labute approximate surface area is 186 Å². The van der Waals surface area contributed by atoms with Crippen molar-refractivity contribution in [3.05, 3.63) is 46.0 Å². The lowest BCUT2D eigenvalue weighted by molar-refractivity contribution is 0.0494. The summed E-state index contributed by atoms with van der Waals surface area (Å²) in [7, 11) is 0. The number of hydrogen-bond donors (Lipinski definition) is 2. The minimum Gasteiger partial charge on any atom is -0.396 e. The highest BCUT2D eigenvalue weighted by molar-refractivity contribution is 6.31. The monoisotopic (exact) mass is 471 g/mol. The first kappa shape index (κ1) is 22.4. The number of aromatic nitrogens is 2. The molecule has 1 unspecified atom stereocenters. The molecular weight excluding hydrogens is 451 g/mol. The molecule has 12 heteroatoms. The molecule has 3 amide bonds. The van der Waals surface area contributed by atoms with Crippen molar-refractivity contribution in [3.63, 3.8) is 0 Å². The fourth-order valence-corrected chi connectivity index (χ4v) is 4.21.